The summed E-state index contributed by atoms with van der Waals surface area (Å²) in [6.07, 6.45) is 0.952. The van der Waals surface area contributed by atoms with Crippen molar-refractivity contribution < 1.29 is 19.1 Å². The van der Waals surface area contributed by atoms with E-state index in [1.165, 1.54) is 0 Å². The van der Waals surface area contributed by atoms with E-state index in [-0.39, 0.29) is 12.5 Å². The molecule has 1 amide bonds. The Hall–Kier alpha value is -3.33. The normalized spacial score (nSPS) is 14.3. The smallest absolute Gasteiger partial charge is 0.345 e. The van der Waals surface area contributed by atoms with Crippen molar-refractivity contribution >= 4 is 11.9 Å². The number of likely N-dealkylation sites (tertiary alicyclic amines) is 1. The van der Waals surface area contributed by atoms with E-state index in [9.17, 15) is 9.59 Å². The number of rotatable bonds is 6. The first-order valence-corrected chi connectivity index (χ1v) is 8.83. The third-order valence-corrected chi connectivity index (χ3v) is 4.33. The van der Waals surface area contributed by atoms with Crippen molar-refractivity contribution in [2.75, 3.05) is 19.7 Å². The highest BCUT2D eigenvalue weighted by Gasteiger charge is 2.30. The summed E-state index contributed by atoms with van der Waals surface area (Å²) in [5, 5.41) is 8.80. The highest BCUT2D eigenvalue weighted by molar-refractivity contribution is 5.85. The van der Waals surface area contributed by atoms with Crippen molar-refractivity contribution in [2.24, 2.45) is 0 Å². The molecule has 138 valence electrons. The molecule has 0 radical (unpaired) electrons. The minimum Gasteiger partial charge on any atom is -0.482 e. The van der Waals surface area contributed by atoms with E-state index in [0.717, 1.165) is 12.8 Å². The quantitative estimate of drug-likeness (QED) is 0.737. The summed E-state index contributed by atoms with van der Waals surface area (Å²) in [6, 6.07) is 17.4. The fourth-order valence-electron chi connectivity index (χ4n) is 2.93. The first-order chi connectivity index (χ1) is 13.2. The molecule has 1 fully saturated rings. The van der Waals surface area contributed by atoms with Crippen molar-refractivity contribution in [1.82, 2.24) is 4.90 Å². The second kappa shape index (κ2) is 8.86. The summed E-state index contributed by atoms with van der Waals surface area (Å²) in [5.41, 5.74) is 1.14. The lowest BCUT2D eigenvalue weighted by molar-refractivity contribution is -0.162. The molecule has 2 aromatic rings. The average molecular weight is 364 g/mol. The molecule has 6 heteroatoms. The minimum atomic E-state index is -0.971. The SMILES string of the molecule is N#Cc1ccc(OCC(=O)O[C@H](C(=O)N2CCCC2)c2ccccc2)cc1. The molecule has 27 heavy (non-hydrogen) atoms. The third kappa shape index (κ3) is 4.85. The first-order valence-electron chi connectivity index (χ1n) is 8.83. The lowest BCUT2D eigenvalue weighted by Gasteiger charge is -2.23. The predicted molar refractivity (Wildman–Crippen MR) is 97.7 cm³/mol. The Morgan fingerprint density at radius 2 is 1.70 bits per heavy atom. The molecule has 1 aliphatic rings. The van der Waals surface area contributed by atoms with Crippen LogP contribution in [0, 0.1) is 11.3 Å². The molecule has 2 aromatic carbocycles. The van der Waals surface area contributed by atoms with Gasteiger partial charge in [-0.05, 0) is 37.1 Å². The summed E-state index contributed by atoms with van der Waals surface area (Å²) in [7, 11) is 0. The highest BCUT2D eigenvalue weighted by Crippen LogP contribution is 2.23. The number of hydrogen-bond donors (Lipinski definition) is 0. The Morgan fingerprint density at radius 3 is 2.33 bits per heavy atom. The van der Waals surface area contributed by atoms with Crippen molar-refractivity contribution in [3.8, 4) is 11.8 Å². The van der Waals surface area contributed by atoms with Crippen LogP contribution in [0.1, 0.15) is 30.1 Å². The number of ether oxygens (including phenoxy) is 2. The number of carbonyl (C=O) groups excluding carboxylic acids is 2. The number of hydrogen-bond acceptors (Lipinski definition) is 5. The van der Waals surface area contributed by atoms with Crippen molar-refractivity contribution in [2.45, 2.75) is 18.9 Å². The van der Waals surface area contributed by atoms with Crippen LogP contribution in [0.15, 0.2) is 54.6 Å². The minimum absolute atomic E-state index is 0.203. The van der Waals surface area contributed by atoms with Crippen molar-refractivity contribution in [1.29, 1.82) is 5.26 Å². The zero-order valence-corrected chi connectivity index (χ0v) is 14.8. The van der Waals surface area contributed by atoms with Crippen LogP contribution in [0.3, 0.4) is 0 Å². The van der Waals surface area contributed by atoms with E-state index in [1.807, 2.05) is 12.1 Å². The third-order valence-electron chi connectivity index (χ3n) is 4.33. The van der Waals surface area contributed by atoms with Gasteiger partial charge in [0.1, 0.15) is 5.75 Å². The van der Waals surface area contributed by atoms with Crippen LogP contribution in [-0.2, 0) is 14.3 Å². The molecule has 0 saturated carbocycles. The van der Waals surface area contributed by atoms with Gasteiger partial charge in [0.05, 0.1) is 11.6 Å². The zero-order chi connectivity index (χ0) is 19.1. The maximum atomic E-state index is 12.8. The van der Waals surface area contributed by atoms with Crippen LogP contribution in [0.5, 0.6) is 5.75 Å². The lowest BCUT2D eigenvalue weighted by atomic mass is 10.1. The van der Waals surface area contributed by atoms with Gasteiger partial charge in [-0.1, -0.05) is 30.3 Å². The molecule has 1 aliphatic heterocycles. The number of benzene rings is 2. The summed E-state index contributed by atoms with van der Waals surface area (Å²) in [5.74, 6) is -0.376. The van der Waals surface area contributed by atoms with Crippen LogP contribution in [-0.4, -0.2) is 36.5 Å². The molecule has 1 saturated heterocycles. The molecule has 0 aromatic heterocycles. The van der Waals surface area contributed by atoms with Gasteiger partial charge < -0.3 is 14.4 Å². The van der Waals surface area contributed by atoms with E-state index in [2.05, 4.69) is 0 Å². The lowest BCUT2D eigenvalue weighted by Crippen LogP contribution is -2.35. The van der Waals surface area contributed by atoms with E-state index in [0.29, 0.717) is 30.0 Å². The van der Waals surface area contributed by atoms with Crippen molar-refractivity contribution in [3.05, 3.63) is 65.7 Å². The van der Waals surface area contributed by atoms with Gasteiger partial charge in [-0.2, -0.15) is 5.26 Å². The molecule has 0 unspecified atom stereocenters. The summed E-state index contributed by atoms with van der Waals surface area (Å²) >= 11 is 0. The maximum Gasteiger partial charge on any atom is 0.345 e. The number of esters is 1. The first kappa shape index (κ1) is 18.5. The maximum absolute atomic E-state index is 12.8. The van der Waals surface area contributed by atoms with Crippen LogP contribution >= 0.6 is 0 Å². The summed E-state index contributed by atoms with van der Waals surface area (Å²) in [4.78, 5) is 26.8. The van der Waals surface area contributed by atoms with Gasteiger partial charge in [-0.25, -0.2) is 4.79 Å². The van der Waals surface area contributed by atoms with Crippen LogP contribution in [0.2, 0.25) is 0 Å². The number of carbonyl (C=O) groups is 2. The van der Waals surface area contributed by atoms with Gasteiger partial charge in [0.15, 0.2) is 6.61 Å². The van der Waals surface area contributed by atoms with Gasteiger partial charge >= 0.3 is 5.97 Å². The molecule has 3 rings (SSSR count). The van der Waals surface area contributed by atoms with Gasteiger partial charge in [0.25, 0.3) is 5.91 Å². The Labute approximate surface area is 157 Å². The monoisotopic (exact) mass is 364 g/mol. The zero-order valence-electron chi connectivity index (χ0n) is 14.8. The number of nitriles is 1. The Bertz CT molecular complexity index is 822. The number of nitrogens with zero attached hydrogens (tertiary/aromatic N) is 2. The molecule has 6 nitrogen and oxygen atoms in total. The molecular weight excluding hydrogens is 344 g/mol. The average Bonchev–Trinajstić information content (AvgIpc) is 3.26. The van der Waals surface area contributed by atoms with Gasteiger partial charge in [0, 0.05) is 18.7 Å². The van der Waals surface area contributed by atoms with E-state index >= 15 is 0 Å². The molecule has 0 bridgehead atoms. The fourth-order valence-corrected chi connectivity index (χ4v) is 2.93. The molecule has 0 N–H and O–H groups in total. The standard InChI is InChI=1S/C21H20N2O4/c22-14-16-8-10-18(11-9-16)26-15-19(24)27-20(17-6-2-1-3-7-17)21(25)23-12-4-5-13-23/h1-3,6-11,20H,4-5,12-13,15H2/t20-/m0/s1. The molecule has 1 heterocycles. The predicted octanol–water partition coefficient (Wildman–Crippen LogP) is 2.84. The number of amides is 1. The van der Waals surface area contributed by atoms with E-state index < -0.39 is 12.1 Å². The Kier molecular flexibility index (Phi) is 6.06. The van der Waals surface area contributed by atoms with Crippen LogP contribution < -0.4 is 4.74 Å². The molecule has 1 atom stereocenters. The van der Waals surface area contributed by atoms with Gasteiger partial charge in [0.2, 0.25) is 6.10 Å². The molecule has 0 spiro atoms. The van der Waals surface area contributed by atoms with Crippen molar-refractivity contribution in [3.63, 3.8) is 0 Å². The highest BCUT2D eigenvalue weighted by atomic mass is 16.6. The Balaban J connectivity index is 1.64. The molecular formula is C21H20N2O4. The fraction of sp³-hybridized carbons (Fsp3) is 0.286. The second-order valence-corrected chi connectivity index (χ2v) is 6.24. The van der Waals surface area contributed by atoms with Gasteiger partial charge in [-0.3, -0.25) is 4.79 Å². The second-order valence-electron chi connectivity index (χ2n) is 6.24. The Morgan fingerprint density at radius 1 is 1.04 bits per heavy atom. The molecule has 0 aliphatic carbocycles. The van der Waals surface area contributed by atoms with Gasteiger partial charge in [-0.15, -0.1) is 0 Å². The topological polar surface area (TPSA) is 79.6 Å². The van der Waals surface area contributed by atoms with Crippen LogP contribution in [0.25, 0.3) is 0 Å². The largest absolute Gasteiger partial charge is 0.482 e. The summed E-state index contributed by atoms with van der Waals surface area (Å²) < 4.78 is 10.9. The van der Waals surface area contributed by atoms with E-state index in [1.54, 1.807) is 53.4 Å². The van der Waals surface area contributed by atoms with Crippen LogP contribution in [0.4, 0.5) is 0 Å². The summed E-state index contributed by atoms with van der Waals surface area (Å²) in [6.45, 7) is 1.05. The van der Waals surface area contributed by atoms with E-state index in [4.69, 9.17) is 14.7 Å².